The summed E-state index contributed by atoms with van der Waals surface area (Å²) in [5.74, 6) is 1.30. The normalized spacial score (nSPS) is 14.4. The largest absolute Gasteiger partial charge is 0.486 e. The molecule has 2 aromatic rings. The minimum Gasteiger partial charge on any atom is -0.486 e. The molecule has 1 aromatic heterocycles. The van der Waals surface area contributed by atoms with Crippen molar-refractivity contribution < 1.29 is 14.3 Å². The number of hydrogen-bond acceptors (Lipinski definition) is 5. The lowest BCUT2D eigenvalue weighted by Crippen LogP contribution is -2.36. The maximum Gasteiger partial charge on any atom is 0.226 e. The lowest BCUT2D eigenvalue weighted by molar-refractivity contribution is -0.136. The molecule has 3 rings (SSSR count). The highest BCUT2D eigenvalue weighted by Gasteiger charge is 2.27. The van der Waals surface area contributed by atoms with Crippen molar-refractivity contribution >= 4 is 17.2 Å². The van der Waals surface area contributed by atoms with E-state index >= 15 is 0 Å². The van der Waals surface area contributed by atoms with Gasteiger partial charge in [-0.3, -0.25) is 4.79 Å². The predicted molar refractivity (Wildman–Crippen MR) is 107 cm³/mol. The maximum atomic E-state index is 12.9. The van der Waals surface area contributed by atoms with Crippen molar-refractivity contribution in [1.29, 1.82) is 0 Å². The molecular formula is C21H28N2O3S. The molecule has 1 heterocycles. The Morgan fingerprint density at radius 3 is 2.78 bits per heavy atom. The number of ether oxygens (including phenoxy) is 2. The van der Waals surface area contributed by atoms with Crippen molar-refractivity contribution in [2.75, 3.05) is 20.3 Å². The van der Waals surface area contributed by atoms with E-state index < -0.39 is 0 Å². The van der Waals surface area contributed by atoms with Crippen LogP contribution in [0.15, 0.2) is 35.7 Å². The van der Waals surface area contributed by atoms with Gasteiger partial charge in [-0.1, -0.05) is 31.0 Å². The first-order valence-electron chi connectivity index (χ1n) is 9.65. The third-order valence-corrected chi connectivity index (χ3v) is 5.72. The van der Waals surface area contributed by atoms with E-state index in [0.29, 0.717) is 19.8 Å². The van der Waals surface area contributed by atoms with Crippen LogP contribution in [0.4, 0.5) is 0 Å². The molecule has 5 nitrogen and oxygen atoms in total. The number of carbonyl (C=O) groups excluding carboxylic acids is 1. The number of rotatable bonds is 10. The van der Waals surface area contributed by atoms with Crippen LogP contribution in [-0.4, -0.2) is 36.1 Å². The molecule has 6 heteroatoms. The summed E-state index contributed by atoms with van der Waals surface area (Å²) in [5.41, 5.74) is 0.940. The van der Waals surface area contributed by atoms with E-state index in [4.69, 9.17) is 9.47 Å². The summed E-state index contributed by atoms with van der Waals surface area (Å²) in [6.45, 7) is 2.41. The minimum atomic E-state index is 0.187. The van der Waals surface area contributed by atoms with Crippen LogP contribution >= 0.6 is 11.3 Å². The van der Waals surface area contributed by atoms with Gasteiger partial charge in [0.1, 0.15) is 17.4 Å². The van der Waals surface area contributed by atoms with E-state index in [9.17, 15) is 4.79 Å². The summed E-state index contributed by atoms with van der Waals surface area (Å²) in [7, 11) is 1.70. The zero-order chi connectivity index (χ0) is 18.9. The second-order valence-corrected chi connectivity index (χ2v) is 7.86. The van der Waals surface area contributed by atoms with Crippen LogP contribution in [0.3, 0.4) is 0 Å². The smallest absolute Gasteiger partial charge is 0.226 e. The Bertz CT molecular complexity index is 698. The second-order valence-electron chi connectivity index (χ2n) is 6.92. The van der Waals surface area contributed by atoms with Crippen molar-refractivity contribution in [2.45, 2.75) is 45.3 Å². The quantitative estimate of drug-likeness (QED) is 0.570. The zero-order valence-electron chi connectivity index (χ0n) is 15.9. The Hall–Kier alpha value is -1.92. The number of amides is 1. The Labute approximate surface area is 165 Å². The van der Waals surface area contributed by atoms with E-state index in [1.165, 1.54) is 12.8 Å². The average Bonchev–Trinajstić information content (AvgIpc) is 3.38. The molecule has 1 aliphatic rings. The van der Waals surface area contributed by atoms with Gasteiger partial charge < -0.3 is 14.4 Å². The van der Waals surface area contributed by atoms with E-state index in [-0.39, 0.29) is 11.8 Å². The van der Waals surface area contributed by atoms with Gasteiger partial charge >= 0.3 is 0 Å². The van der Waals surface area contributed by atoms with Crippen LogP contribution in [0.2, 0.25) is 0 Å². The Morgan fingerprint density at radius 1 is 1.26 bits per heavy atom. The topological polar surface area (TPSA) is 51.7 Å². The van der Waals surface area contributed by atoms with Gasteiger partial charge in [-0.25, -0.2) is 4.98 Å². The Morgan fingerprint density at radius 2 is 2.04 bits per heavy atom. The highest BCUT2D eigenvalue weighted by atomic mass is 32.1. The van der Waals surface area contributed by atoms with Crippen molar-refractivity contribution in [1.82, 2.24) is 9.88 Å². The Kier molecular flexibility index (Phi) is 7.66. The molecule has 0 N–H and O–H groups in total. The molecular weight excluding hydrogens is 360 g/mol. The van der Waals surface area contributed by atoms with Gasteiger partial charge in [-0.05, 0) is 31.4 Å². The van der Waals surface area contributed by atoms with Crippen LogP contribution in [0.1, 0.15) is 42.8 Å². The fourth-order valence-corrected chi connectivity index (χ4v) is 4.14. The molecule has 1 aromatic carbocycles. The molecule has 0 unspecified atom stereocenters. The van der Waals surface area contributed by atoms with Crippen LogP contribution in [0, 0.1) is 5.92 Å². The van der Waals surface area contributed by atoms with Gasteiger partial charge in [0.2, 0.25) is 5.91 Å². The molecule has 0 bridgehead atoms. The third-order valence-electron chi connectivity index (χ3n) is 4.85. The standard InChI is InChI=1S/C21H28N2O3S/c1-25-13-7-12-23(21(24)17-8-5-6-9-17)14-18-16-27-20(22-18)15-26-19-10-3-2-4-11-19/h2-4,10-11,16-17H,5-9,12-15H2,1H3. The first-order chi connectivity index (χ1) is 13.3. The molecule has 146 valence electrons. The molecule has 1 fully saturated rings. The molecule has 1 saturated carbocycles. The molecule has 1 aliphatic carbocycles. The van der Waals surface area contributed by atoms with Gasteiger partial charge in [0.25, 0.3) is 0 Å². The number of benzene rings is 1. The molecule has 0 radical (unpaired) electrons. The van der Waals surface area contributed by atoms with Crippen LogP contribution in [-0.2, 0) is 22.7 Å². The molecule has 0 saturated heterocycles. The average molecular weight is 389 g/mol. The van der Waals surface area contributed by atoms with Gasteiger partial charge in [-0.15, -0.1) is 11.3 Å². The number of hydrogen-bond donors (Lipinski definition) is 0. The van der Waals surface area contributed by atoms with Gasteiger partial charge in [0, 0.05) is 31.6 Å². The fourth-order valence-electron chi connectivity index (χ4n) is 3.44. The predicted octanol–water partition coefficient (Wildman–Crippen LogP) is 4.28. The van der Waals surface area contributed by atoms with E-state index in [1.54, 1.807) is 18.4 Å². The number of thiazole rings is 1. The van der Waals surface area contributed by atoms with Gasteiger partial charge in [-0.2, -0.15) is 0 Å². The summed E-state index contributed by atoms with van der Waals surface area (Å²) in [4.78, 5) is 19.5. The first-order valence-corrected chi connectivity index (χ1v) is 10.5. The lowest BCUT2D eigenvalue weighted by Gasteiger charge is -2.25. The van der Waals surface area contributed by atoms with E-state index in [2.05, 4.69) is 4.98 Å². The number of para-hydroxylation sites is 1. The number of methoxy groups -OCH3 is 1. The number of carbonyl (C=O) groups is 1. The van der Waals surface area contributed by atoms with Crippen molar-refractivity contribution in [2.24, 2.45) is 5.92 Å². The second kappa shape index (κ2) is 10.4. The first kappa shape index (κ1) is 19.8. The summed E-state index contributed by atoms with van der Waals surface area (Å²) in [5, 5.41) is 2.97. The van der Waals surface area contributed by atoms with Crippen molar-refractivity contribution in [3.63, 3.8) is 0 Å². The van der Waals surface area contributed by atoms with Gasteiger partial charge in [0.15, 0.2) is 0 Å². The highest BCUT2D eigenvalue weighted by molar-refractivity contribution is 7.09. The summed E-state index contributed by atoms with van der Waals surface area (Å²) in [6, 6.07) is 9.75. The van der Waals surface area contributed by atoms with E-state index in [0.717, 1.165) is 42.3 Å². The lowest BCUT2D eigenvalue weighted by atomic mass is 10.1. The monoisotopic (exact) mass is 388 g/mol. The molecule has 0 aliphatic heterocycles. The minimum absolute atomic E-state index is 0.187. The molecule has 1 amide bonds. The highest BCUT2D eigenvalue weighted by Crippen LogP contribution is 2.27. The maximum absolute atomic E-state index is 12.9. The van der Waals surface area contributed by atoms with Gasteiger partial charge in [0.05, 0.1) is 12.2 Å². The summed E-state index contributed by atoms with van der Waals surface area (Å²) in [6.07, 6.45) is 5.22. The molecule has 27 heavy (non-hydrogen) atoms. The fraction of sp³-hybridized carbons (Fsp3) is 0.524. The third kappa shape index (κ3) is 6.04. The molecule has 0 atom stereocenters. The van der Waals surface area contributed by atoms with Crippen molar-refractivity contribution in [3.8, 4) is 5.75 Å². The number of nitrogens with zero attached hydrogens (tertiary/aromatic N) is 2. The van der Waals surface area contributed by atoms with Crippen LogP contribution in [0.5, 0.6) is 5.75 Å². The zero-order valence-corrected chi connectivity index (χ0v) is 16.7. The molecule has 0 spiro atoms. The summed E-state index contributed by atoms with van der Waals surface area (Å²) < 4.78 is 10.9. The van der Waals surface area contributed by atoms with Crippen LogP contribution in [0.25, 0.3) is 0 Å². The van der Waals surface area contributed by atoms with Crippen LogP contribution < -0.4 is 4.74 Å². The Balaban J connectivity index is 1.57. The summed E-state index contributed by atoms with van der Waals surface area (Å²) >= 11 is 1.58. The van der Waals surface area contributed by atoms with Crippen molar-refractivity contribution in [3.05, 3.63) is 46.4 Å². The van der Waals surface area contributed by atoms with E-state index in [1.807, 2.05) is 40.6 Å². The SMILES string of the molecule is COCCCN(Cc1csc(COc2ccccc2)n1)C(=O)C1CCCC1. The number of aromatic nitrogens is 1.